The number of aliphatic imine (C=N–C) groups is 1. The van der Waals surface area contributed by atoms with E-state index in [9.17, 15) is 0 Å². The summed E-state index contributed by atoms with van der Waals surface area (Å²) in [4.78, 5) is 8.93. The second-order valence-electron chi connectivity index (χ2n) is 4.99. The zero-order chi connectivity index (χ0) is 17.1. The molecule has 6 heteroatoms. The van der Waals surface area contributed by atoms with Gasteiger partial charge in [-0.2, -0.15) is 0 Å². The van der Waals surface area contributed by atoms with Crippen LogP contribution in [0.3, 0.4) is 0 Å². The average molecular weight is 361 g/mol. The van der Waals surface area contributed by atoms with Crippen molar-refractivity contribution in [2.24, 2.45) is 4.99 Å². The Kier molecular flexibility index (Phi) is 4.88. The first-order valence-electron chi connectivity index (χ1n) is 7.12. The van der Waals surface area contributed by atoms with E-state index in [1.54, 1.807) is 50.8 Å². The third kappa shape index (κ3) is 3.45. The number of rotatable bonds is 4. The number of nitrogens with zero attached hydrogens (tertiary/aromatic N) is 2. The Morgan fingerprint density at radius 3 is 2.50 bits per heavy atom. The lowest BCUT2D eigenvalue weighted by Crippen LogP contribution is -1.91. The van der Waals surface area contributed by atoms with Crippen molar-refractivity contribution in [3.63, 3.8) is 0 Å². The number of halogens is 2. The highest BCUT2D eigenvalue weighted by Crippen LogP contribution is 2.31. The largest absolute Gasteiger partial charge is 0.493 e. The number of aromatic nitrogens is 1. The molecule has 0 fully saturated rings. The molecule has 0 aliphatic rings. The van der Waals surface area contributed by atoms with Crippen LogP contribution in [-0.4, -0.2) is 25.4 Å². The van der Waals surface area contributed by atoms with E-state index in [4.69, 9.17) is 32.7 Å². The molecule has 0 saturated heterocycles. The van der Waals surface area contributed by atoms with Gasteiger partial charge in [-0.1, -0.05) is 23.2 Å². The van der Waals surface area contributed by atoms with Gasteiger partial charge in [-0.15, -0.1) is 0 Å². The van der Waals surface area contributed by atoms with Gasteiger partial charge in [0.1, 0.15) is 0 Å². The monoisotopic (exact) mass is 360 g/mol. The molecule has 0 N–H and O–H groups in total. The highest BCUT2D eigenvalue weighted by atomic mass is 35.5. The van der Waals surface area contributed by atoms with E-state index in [-0.39, 0.29) is 0 Å². The zero-order valence-electron chi connectivity index (χ0n) is 13.1. The van der Waals surface area contributed by atoms with Gasteiger partial charge in [0, 0.05) is 16.5 Å². The minimum Gasteiger partial charge on any atom is -0.493 e. The van der Waals surface area contributed by atoms with Crippen LogP contribution in [0.5, 0.6) is 11.5 Å². The summed E-state index contributed by atoms with van der Waals surface area (Å²) < 4.78 is 10.5. The number of benzene rings is 2. The minimum absolute atomic E-state index is 0.602. The zero-order valence-corrected chi connectivity index (χ0v) is 14.6. The number of ether oxygens (including phenoxy) is 2. The first-order valence-corrected chi connectivity index (χ1v) is 7.88. The van der Waals surface area contributed by atoms with Crippen molar-refractivity contribution in [2.75, 3.05) is 14.2 Å². The Balaban J connectivity index is 1.95. The molecule has 3 aromatic rings. The number of methoxy groups -OCH3 is 2. The first kappa shape index (κ1) is 16.6. The van der Waals surface area contributed by atoms with Crippen molar-refractivity contribution in [1.82, 2.24) is 4.98 Å². The molecule has 122 valence electrons. The third-order valence-corrected chi connectivity index (χ3v) is 4.00. The van der Waals surface area contributed by atoms with E-state index in [0.717, 1.165) is 16.6 Å². The fourth-order valence-corrected chi connectivity index (χ4v) is 2.73. The molecule has 0 saturated carbocycles. The van der Waals surface area contributed by atoms with Gasteiger partial charge in [-0.25, -0.2) is 4.98 Å². The van der Waals surface area contributed by atoms with Crippen LogP contribution in [0.15, 0.2) is 47.5 Å². The standard InChI is InChI=1S/C18H14Cl2N2O2/c1-23-17-6-4-12(9-18(17)24-2)21-10-13-8-15(20)14-5-3-11(19)7-16(14)22-13/h3-10H,1-2H3. The highest BCUT2D eigenvalue weighted by Gasteiger charge is 2.05. The number of fused-ring (bicyclic) bond motifs is 1. The SMILES string of the molecule is COc1ccc(N=Cc2cc(Cl)c3ccc(Cl)cc3n2)cc1OC. The first-order chi connectivity index (χ1) is 11.6. The van der Waals surface area contributed by atoms with Crippen LogP contribution >= 0.6 is 23.2 Å². The van der Waals surface area contributed by atoms with Gasteiger partial charge in [0.15, 0.2) is 11.5 Å². The van der Waals surface area contributed by atoms with Crippen LogP contribution in [0.25, 0.3) is 10.9 Å². The third-order valence-electron chi connectivity index (χ3n) is 3.45. The summed E-state index contributed by atoms with van der Waals surface area (Å²) in [6, 6.07) is 12.6. The predicted octanol–water partition coefficient (Wildman–Crippen LogP) is 5.31. The lowest BCUT2D eigenvalue weighted by Gasteiger charge is -2.07. The van der Waals surface area contributed by atoms with Crippen LogP contribution in [-0.2, 0) is 0 Å². The summed E-state index contributed by atoms with van der Waals surface area (Å²) in [6.07, 6.45) is 1.65. The molecule has 0 spiro atoms. The summed E-state index contributed by atoms with van der Waals surface area (Å²) in [6.45, 7) is 0. The van der Waals surface area contributed by atoms with Gasteiger partial charge in [0.25, 0.3) is 0 Å². The molecule has 3 rings (SSSR count). The molecule has 2 aromatic carbocycles. The average Bonchev–Trinajstić information content (AvgIpc) is 2.59. The molecule has 1 aromatic heterocycles. The van der Waals surface area contributed by atoms with E-state index >= 15 is 0 Å². The minimum atomic E-state index is 0.602. The Hall–Kier alpha value is -2.30. The molecule has 0 unspecified atom stereocenters. The van der Waals surface area contributed by atoms with Crippen LogP contribution in [0.1, 0.15) is 5.69 Å². The molecule has 0 bridgehead atoms. The van der Waals surface area contributed by atoms with Gasteiger partial charge >= 0.3 is 0 Å². The van der Waals surface area contributed by atoms with Crippen molar-refractivity contribution < 1.29 is 9.47 Å². The van der Waals surface area contributed by atoms with E-state index < -0.39 is 0 Å². The van der Waals surface area contributed by atoms with Gasteiger partial charge in [-0.3, -0.25) is 4.99 Å². The fourth-order valence-electron chi connectivity index (χ4n) is 2.29. The van der Waals surface area contributed by atoms with E-state index in [1.165, 1.54) is 0 Å². The molecular weight excluding hydrogens is 347 g/mol. The Bertz CT molecular complexity index is 926. The molecule has 0 atom stereocenters. The molecule has 0 radical (unpaired) electrons. The molecule has 0 aliphatic heterocycles. The second kappa shape index (κ2) is 7.07. The van der Waals surface area contributed by atoms with E-state index in [2.05, 4.69) is 9.98 Å². The van der Waals surface area contributed by atoms with Crippen LogP contribution in [0.4, 0.5) is 5.69 Å². The number of pyridine rings is 1. The van der Waals surface area contributed by atoms with Crippen molar-refractivity contribution >= 4 is 46.0 Å². The van der Waals surface area contributed by atoms with Crippen molar-refractivity contribution in [3.8, 4) is 11.5 Å². The van der Waals surface area contributed by atoms with Crippen LogP contribution in [0, 0.1) is 0 Å². The summed E-state index contributed by atoms with van der Waals surface area (Å²) in [7, 11) is 3.17. The lowest BCUT2D eigenvalue weighted by atomic mass is 10.2. The van der Waals surface area contributed by atoms with Crippen molar-refractivity contribution in [2.45, 2.75) is 0 Å². The quantitative estimate of drug-likeness (QED) is 0.592. The summed E-state index contributed by atoms with van der Waals surface area (Å²) in [5.74, 6) is 1.27. The Morgan fingerprint density at radius 1 is 0.958 bits per heavy atom. The van der Waals surface area contributed by atoms with Gasteiger partial charge in [0.05, 0.1) is 42.4 Å². The highest BCUT2D eigenvalue weighted by molar-refractivity contribution is 6.36. The summed E-state index contributed by atoms with van der Waals surface area (Å²) in [5.41, 5.74) is 2.09. The van der Waals surface area contributed by atoms with Gasteiger partial charge in [0.2, 0.25) is 0 Å². The molecule has 0 aliphatic carbocycles. The van der Waals surface area contributed by atoms with E-state index in [1.807, 2.05) is 12.1 Å². The fraction of sp³-hybridized carbons (Fsp3) is 0.111. The molecular formula is C18H14Cl2N2O2. The molecule has 0 amide bonds. The molecule has 1 heterocycles. The molecule has 4 nitrogen and oxygen atoms in total. The van der Waals surface area contributed by atoms with Gasteiger partial charge in [-0.05, 0) is 36.4 Å². The van der Waals surface area contributed by atoms with Crippen LogP contribution in [0.2, 0.25) is 10.0 Å². The topological polar surface area (TPSA) is 43.7 Å². The lowest BCUT2D eigenvalue weighted by molar-refractivity contribution is 0.355. The van der Waals surface area contributed by atoms with Crippen molar-refractivity contribution in [3.05, 3.63) is 58.2 Å². The maximum Gasteiger partial charge on any atom is 0.162 e. The Morgan fingerprint density at radius 2 is 1.75 bits per heavy atom. The van der Waals surface area contributed by atoms with E-state index in [0.29, 0.717) is 27.2 Å². The normalized spacial score (nSPS) is 11.2. The maximum absolute atomic E-state index is 6.30. The number of hydrogen-bond donors (Lipinski definition) is 0. The Labute approximate surface area is 149 Å². The second-order valence-corrected chi connectivity index (χ2v) is 5.83. The van der Waals surface area contributed by atoms with Gasteiger partial charge < -0.3 is 9.47 Å². The maximum atomic E-state index is 6.30. The predicted molar refractivity (Wildman–Crippen MR) is 98.6 cm³/mol. The summed E-state index contributed by atoms with van der Waals surface area (Å²) >= 11 is 12.3. The number of hydrogen-bond acceptors (Lipinski definition) is 4. The molecule has 24 heavy (non-hydrogen) atoms. The summed E-state index contributed by atoms with van der Waals surface area (Å²) in [5, 5.41) is 2.06. The van der Waals surface area contributed by atoms with Crippen molar-refractivity contribution in [1.29, 1.82) is 0 Å². The van der Waals surface area contributed by atoms with Crippen LogP contribution < -0.4 is 9.47 Å². The smallest absolute Gasteiger partial charge is 0.162 e.